The maximum Gasteiger partial charge on any atom is 0.281 e. The van der Waals surface area contributed by atoms with Crippen LogP contribution in [0.4, 0.5) is 11.4 Å². The number of nitriles is 1. The Balaban J connectivity index is 2.61. The molecular formula is C17H17ClN4O4. The van der Waals surface area contributed by atoms with E-state index in [1.807, 2.05) is 6.07 Å². The molecule has 0 saturated heterocycles. The summed E-state index contributed by atoms with van der Waals surface area (Å²) < 4.78 is 11.1. The highest BCUT2D eigenvalue weighted by Gasteiger charge is 2.19. The van der Waals surface area contributed by atoms with E-state index in [1.54, 1.807) is 12.1 Å². The number of pyridine rings is 1. The molecule has 9 heteroatoms. The maximum absolute atomic E-state index is 12.7. The molecule has 1 heterocycles. The van der Waals surface area contributed by atoms with Crippen molar-refractivity contribution in [2.45, 2.75) is 13.5 Å². The van der Waals surface area contributed by atoms with Crippen molar-refractivity contribution < 1.29 is 14.6 Å². The smallest absolute Gasteiger partial charge is 0.281 e. The van der Waals surface area contributed by atoms with Gasteiger partial charge in [0.1, 0.15) is 23.1 Å². The number of azo groups is 1. The van der Waals surface area contributed by atoms with E-state index in [0.29, 0.717) is 16.5 Å². The van der Waals surface area contributed by atoms with Gasteiger partial charge < -0.3 is 14.6 Å². The van der Waals surface area contributed by atoms with Crippen molar-refractivity contribution in [2.75, 3.05) is 20.8 Å². The van der Waals surface area contributed by atoms with E-state index in [2.05, 4.69) is 10.2 Å². The summed E-state index contributed by atoms with van der Waals surface area (Å²) in [5.41, 5.74) is -0.131. The Kier molecular flexibility index (Phi) is 6.33. The lowest BCUT2D eigenvalue weighted by atomic mass is 10.1. The van der Waals surface area contributed by atoms with Crippen LogP contribution in [0.3, 0.4) is 0 Å². The SMILES string of the molecule is COCCn1c(O)c(C#N)c(C)c(N=Nc2cc(Cl)ccc2OC)c1=O. The van der Waals surface area contributed by atoms with Crippen LogP contribution in [0, 0.1) is 18.3 Å². The van der Waals surface area contributed by atoms with Gasteiger partial charge in [-0.3, -0.25) is 9.36 Å². The third kappa shape index (κ3) is 3.85. The fraction of sp³-hybridized carbons (Fsp3) is 0.294. The van der Waals surface area contributed by atoms with Crippen LogP contribution < -0.4 is 10.3 Å². The molecule has 1 aromatic heterocycles. The van der Waals surface area contributed by atoms with Crippen LogP contribution in [0.2, 0.25) is 5.02 Å². The van der Waals surface area contributed by atoms with Crippen LogP contribution >= 0.6 is 11.6 Å². The lowest BCUT2D eigenvalue weighted by molar-refractivity contribution is 0.182. The number of nitrogens with zero attached hydrogens (tertiary/aromatic N) is 4. The average Bonchev–Trinajstić information content (AvgIpc) is 2.62. The molecule has 8 nitrogen and oxygen atoms in total. The summed E-state index contributed by atoms with van der Waals surface area (Å²) in [5, 5.41) is 27.9. The molecule has 0 saturated carbocycles. The minimum absolute atomic E-state index is 0.0484. The van der Waals surface area contributed by atoms with Crippen molar-refractivity contribution in [3.63, 3.8) is 0 Å². The third-order valence-corrected chi connectivity index (χ3v) is 3.92. The molecular weight excluding hydrogens is 360 g/mol. The minimum atomic E-state index is -0.583. The number of methoxy groups -OCH3 is 2. The van der Waals surface area contributed by atoms with E-state index in [9.17, 15) is 15.2 Å². The molecule has 0 radical (unpaired) electrons. The van der Waals surface area contributed by atoms with Gasteiger partial charge in [-0.1, -0.05) is 11.6 Å². The van der Waals surface area contributed by atoms with Crippen molar-refractivity contribution >= 4 is 23.0 Å². The van der Waals surface area contributed by atoms with E-state index in [4.69, 9.17) is 21.1 Å². The number of benzene rings is 1. The highest BCUT2D eigenvalue weighted by Crippen LogP contribution is 2.32. The van der Waals surface area contributed by atoms with Crippen molar-refractivity contribution in [3.05, 3.63) is 44.7 Å². The normalized spacial score (nSPS) is 10.9. The zero-order chi connectivity index (χ0) is 19.3. The molecule has 0 amide bonds. The Labute approximate surface area is 154 Å². The first-order valence-corrected chi connectivity index (χ1v) is 7.93. The number of aromatic hydroxyl groups is 1. The second kappa shape index (κ2) is 8.47. The molecule has 0 fully saturated rings. The molecule has 1 N–H and O–H groups in total. The summed E-state index contributed by atoms with van der Waals surface area (Å²) in [6, 6.07) is 6.67. The molecule has 0 aliphatic heterocycles. The standard InChI is InChI=1S/C17H17ClN4O4/c1-10-12(9-19)16(23)22(6-7-25-2)17(24)15(10)21-20-13-8-11(18)4-5-14(13)26-3/h4-5,8,23H,6-7H2,1-3H3. The lowest BCUT2D eigenvalue weighted by Gasteiger charge is -2.12. The van der Waals surface area contributed by atoms with Crippen molar-refractivity contribution in [1.29, 1.82) is 5.26 Å². The van der Waals surface area contributed by atoms with E-state index in [1.165, 1.54) is 27.2 Å². The highest BCUT2D eigenvalue weighted by atomic mass is 35.5. The number of halogens is 1. The summed E-state index contributed by atoms with van der Waals surface area (Å²) in [6.07, 6.45) is 0. The molecule has 0 aliphatic rings. The Morgan fingerprint density at radius 3 is 2.69 bits per heavy atom. The van der Waals surface area contributed by atoms with Gasteiger partial charge in [0, 0.05) is 17.7 Å². The Hall–Kier alpha value is -2.89. The first-order chi connectivity index (χ1) is 12.4. The van der Waals surface area contributed by atoms with Crippen LogP contribution in [0.1, 0.15) is 11.1 Å². The van der Waals surface area contributed by atoms with Gasteiger partial charge >= 0.3 is 0 Å². The molecule has 0 atom stereocenters. The van der Waals surface area contributed by atoms with Gasteiger partial charge in [0.15, 0.2) is 5.69 Å². The average molecular weight is 377 g/mol. The number of hydrogen-bond acceptors (Lipinski definition) is 7. The lowest BCUT2D eigenvalue weighted by Crippen LogP contribution is -2.23. The van der Waals surface area contributed by atoms with Crippen LogP contribution in [0.15, 0.2) is 33.2 Å². The highest BCUT2D eigenvalue weighted by molar-refractivity contribution is 6.30. The molecule has 26 heavy (non-hydrogen) atoms. The van der Waals surface area contributed by atoms with Gasteiger partial charge in [0.25, 0.3) is 5.56 Å². The summed E-state index contributed by atoms with van der Waals surface area (Å²) in [4.78, 5) is 12.7. The second-order valence-corrected chi connectivity index (χ2v) is 5.69. The van der Waals surface area contributed by atoms with Crippen molar-refractivity contribution in [2.24, 2.45) is 10.2 Å². The Bertz CT molecular complexity index is 947. The van der Waals surface area contributed by atoms with E-state index < -0.39 is 11.4 Å². The molecule has 0 bridgehead atoms. The van der Waals surface area contributed by atoms with Gasteiger partial charge in [-0.2, -0.15) is 5.26 Å². The van der Waals surface area contributed by atoms with Crippen LogP contribution in [0.25, 0.3) is 0 Å². The number of rotatable bonds is 6. The van der Waals surface area contributed by atoms with E-state index >= 15 is 0 Å². The quantitative estimate of drug-likeness (QED) is 0.776. The predicted octanol–water partition coefficient (Wildman–Crippen LogP) is 3.46. The number of hydrogen-bond donors (Lipinski definition) is 1. The van der Waals surface area contributed by atoms with Crippen LogP contribution in [0.5, 0.6) is 11.6 Å². The Morgan fingerprint density at radius 2 is 2.08 bits per heavy atom. The molecule has 0 aliphatic carbocycles. The Morgan fingerprint density at radius 1 is 1.35 bits per heavy atom. The fourth-order valence-electron chi connectivity index (χ4n) is 2.29. The second-order valence-electron chi connectivity index (χ2n) is 5.25. The predicted molar refractivity (Wildman–Crippen MR) is 95.9 cm³/mol. The third-order valence-electron chi connectivity index (χ3n) is 3.69. The molecule has 136 valence electrons. The molecule has 0 spiro atoms. The molecule has 2 rings (SSSR count). The topological polar surface area (TPSA) is 109 Å². The van der Waals surface area contributed by atoms with Gasteiger partial charge in [-0.15, -0.1) is 10.2 Å². The van der Waals surface area contributed by atoms with Gasteiger partial charge in [-0.05, 0) is 25.1 Å². The summed E-state index contributed by atoms with van der Waals surface area (Å²) >= 11 is 5.96. The van der Waals surface area contributed by atoms with Crippen LogP contribution in [-0.2, 0) is 11.3 Å². The zero-order valence-corrected chi connectivity index (χ0v) is 15.2. The molecule has 2 aromatic rings. The summed E-state index contributed by atoms with van der Waals surface area (Å²) in [5.74, 6) is 0.00105. The number of ether oxygens (including phenoxy) is 2. The molecule has 1 aromatic carbocycles. The summed E-state index contributed by atoms with van der Waals surface area (Å²) in [6.45, 7) is 1.77. The maximum atomic E-state index is 12.7. The van der Waals surface area contributed by atoms with Crippen LogP contribution in [-0.4, -0.2) is 30.5 Å². The molecule has 0 unspecified atom stereocenters. The van der Waals surface area contributed by atoms with Crippen molar-refractivity contribution in [1.82, 2.24) is 4.57 Å². The first kappa shape index (κ1) is 19.4. The largest absolute Gasteiger partial charge is 0.494 e. The minimum Gasteiger partial charge on any atom is -0.494 e. The van der Waals surface area contributed by atoms with Gasteiger partial charge in [-0.25, -0.2) is 0 Å². The fourth-order valence-corrected chi connectivity index (χ4v) is 2.46. The first-order valence-electron chi connectivity index (χ1n) is 7.55. The monoisotopic (exact) mass is 376 g/mol. The van der Waals surface area contributed by atoms with E-state index in [0.717, 1.165) is 4.57 Å². The van der Waals surface area contributed by atoms with Gasteiger partial charge in [0.2, 0.25) is 5.88 Å². The van der Waals surface area contributed by atoms with E-state index in [-0.39, 0.29) is 30.0 Å². The summed E-state index contributed by atoms with van der Waals surface area (Å²) in [7, 11) is 2.94. The number of aromatic nitrogens is 1. The zero-order valence-electron chi connectivity index (χ0n) is 14.5. The van der Waals surface area contributed by atoms with Gasteiger partial charge in [0.05, 0.1) is 20.3 Å². The van der Waals surface area contributed by atoms with Crippen molar-refractivity contribution in [3.8, 4) is 17.7 Å².